The Morgan fingerprint density at radius 3 is 2.29 bits per heavy atom. The van der Waals surface area contributed by atoms with Gasteiger partial charge >= 0.3 is 0 Å². The van der Waals surface area contributed by atoms with Crippen LogP contribution in [-0.4, -0.2) is 12.8 Å². The molecule has 0 aromatic heterocycles. The molecule has 2 aromatic rings. The van der Waals surface area contributed by atoms with E-state index in [1.54, 1.807) is 11.8 Å². The van der Waals surface area contributed by atoms with Gasteiger partial charge in [0.2, 0.25) is 0 Å². The van der Waals surface area contributed by atoms with Crippen LogP contribution in [0.5, 0.6) is 0 Å². The Kier molecular flexibility index (Phi) is 5.74. The van der Waals surface area contributed by atoms with Gasteiger partial charge in [0.1, 0.15) is 0 Å². The summed E-state index contributed by atoms with van der Waals surface area (Å²) < 4.78 is 0. The van der Waals surface area contributed by atoms with E-state index in [-0.39, 0.29) is 6.04 Å². The van der Waals surface area contributed by atoms with Crippen molar-refractivity contribution in [1.82, 2.24) is 5.32 Å². The molecule has 0 saturated heterocycles. The first-order valence-electron chi connectivity index (χ1n) is 7.20. The highest BCUT2D eigenvalue weighted by Gasteiger charge is 2.17. The molecule has 1 atom stereocenters. The average molecular weight is 320 g/mol. The van der Waals surface area contributed by atoms with Crippen LogP contribution >= 0.6 is 23.4 Å². The van der Waals surface area contributed by atoms with Crippen molar-refractivity contribution in [2.45, 2.75) is 31.7 Å². The Morgan fingerprint density at radius 1 is 1.10 bits per heavy atom. The van der Waals surface area contributed by atoms with Crippen LogP contribution < -0.4 is 5.32 Å². The first kappa shape index (κ1) is 16.4. The van der Waals surface area contributed by atoms with E-state index >= 15 is 0 Å². The molecule has 2 aromatic carbocycles. The van der Waals surface area contributed by atoms with Crippen molar-refractivity contribution in [2.75, 3.05) is 12.8 Å². The number of halogens is 1. The molecule has 0 aliphatic carbocycles. The lowest BCUT2D eigenvalue weighted by Gasteiger charge is -2.21. The van der Waals surface area contributed by atoms with Gasteiger partial charge in [0, 0.05) is 9.92 Å². The Labute approximate surface area is 137 Å². The molecule has 1 nitrogen and oxygen atoms in total. The van der Waals surface area contributed by atoms with Crippen LogP contribution in [0.15, 0.2) is 41.3 Å². The Bertz CT molecular complexity index is 607. The fourth-order valence-electron chi connectivity index (χ4n) is 2.43. The van der Waals surface area contributed by atoms with Gasteiger partial charge in [0.05, 0.1) is 6.04 Å². The maximum atomic E-state index is 6.50. The Hall–Kier alpha value is -0.960. The lowest BCUT2D eigenvalue weighted by Crippen LogP contribution is -2.22. The number of hydrogen-bond donors (Lipinski definition) is 1. The highest BCUT2D eigenvalue weighted by Crippen LogP contribution is 2.31. The molecule has 0 aliphatic rings. The van der Waals surface area contributed by atoms with Crippen molar-refractivity contribution in [3.05, 3.63) is 63.7 Å². The van der Waals surface area contributed by atoms with E-state index in [1.807, 2.05) is 0 Å². The van der Waals surface area contributed by atoms with Gasteiger partial charge in [-0.1, -0.05) is 36.7 Å². The highest BCUT2D eigenvalue weighted by atomic mass is 35.5. The van der Waals surface area contributed by atoms with Crippen molar-refractivity contribution in [3.8, 4) is 0 Å². The maximum Gasteiger partial charge on any atom is 0.0591 e. The van der Waals surface area contributed by atoms with Crippen LogP contribution in [0.3, 0.4) is 0 Å². The van der Waals surface area contributed by atoms with Gasteiger partial charge in [0.25, 0.3) is 0 Å². The van der Waals surface area contributed by atoms with Crippen molar-refractivity contribution >= 4 is 23.4 Å². The highest BCUT2D eigenvalue weighted by molar-refractivity contribution is 7.98. The molecule has 0 spiro atoms. The molecular weight excluding hydrogens is 298 g/mol. The lowest BCUT2D eigenvalue weighted by atomic mass is 9.95. The van der Waals surface area contributed by atoms with E-state index in [0.29, 0.717) is 0 Å². The third-order valence-electron chi connectivity index (χ3n) is 3.78. The molecule has 21 heavy (non-hydrogen) atoms. The molecule has 3 heteroatoms. The summed E-state index contributed by atoms with van der Waals surface area (Å²) in [5, 5.41) is 4.38. The number of aryl methyl sites for hydroxylation is 2. The summed E-state index contributed by atoms with van der Waals surface area (Å²) in [6, 6.07) is 13.1. The van der Waals surface area contributed by atoms with Crippen LogP contribution in [0.1, 0.15) is 35.2 Å². The average Bonchev–Trinajstić information content (AvgIpc) is 2.49. The molecule has 1 unspecified atom stereocenters. The minimum Gasteiger partial charge on any atom is -0.306 e. The number of thioether (sulfide) groups is 1. The Balaban J connectivity index is 2.44. The van der Waals surface area contributed by atoms with E-state index in [9.17, 15) is 0 Å². The van der Waals surface area contributed by atoms with E-state index in [1.165, 1.54) is 21.6 Å². The first-order chi connectivity index (χ1) is 10.1. The monoisotopic (exact) mass is 319 g/mol. The SMILES string of the molecule is CCNC(c1ccc(SC)cc1)c1cc(C)c(C)cc1Cl. The van der Waals surface area contributed by atoms with Gasteiger partial charge in [-0.05, 0) is 67.1 Å². The Morgan fingerprint density at radius 2 is 1.71 bits per heavy atom. The molecule has 0 fully saturated rings. The number of hydrogen-bond acceptors (Lipinski definition) is 2. The number of benzene rings is 2. The van der Waals surface area contributed by atoms with Crippen LogP contribution in [-0.2, 0) is 0 Å². The van der Waals surface area contributed by atoms with Crippen LogP contribution in [0.2, 0.25) is 5.02 Å². The molecular formula is C18H22ClNS. The zero-order chi connectivity index (χ0) is 15.4. The molecule has 0 bridgehead atoms. The van der Waals surface area contributed by atoms with E-state index < -0.39 is 0 Å². The van der Waals surface area contributed by atoms with E-state index in [0.717, 1.165) is 17.1 Å². The number of rotatable bonds is 5. The number of nitrogens with one attached hydrogen (secondary N) is 1. The summed E-state index contributed by atoms with van der Waals surface area (Å²) in [4.78, 5) is 1.28. The van der Waals surface area contributed by atoms with E-state index in [2.05, 4.69) is 68.7 Å². The maximum absolute atomic E-state index is 6.50. The van der Waals surface area contributed by atoms with Gasteiger partial charge < -0.3 is 5.32 Å². The van der Waals surface area contributed by atoms with Gasteiger partial charge in [-0.2, -0.15) is 0 Å². The second-order valence-electron chi connectivity index (χ2n) is 5.22. The molecule has 0 amide bonds. The third kappa shape index (κ3) is 3.82. The largest absolute Gasteiger partial charge is 0.306 e. The third-order valence-corrected chi connectivity index (χ3v) is 4.85. The van der Waals surface area contributed by atoms with Crippen molar-refractivity contribution < 1.29 is 0 Å². The van der Waals surface area contributed by atoms with Gasteiger partial charge in [-0.25, -0.2) is 0 Å². The quantitative estimate of drug-likeness (QED) is 0.743. The van der Waals surface area contributed by atoms with Crippen molar-refractivity contribution in [2.24, 2.45) is 0 Å². The molecule has 1 N–H and O–H groups in total. The van der Waals surface area contributed by atoms with Crippen LogP contribution in [0, 0.1) is 13.8 Å². The lowest BCUT2D eigenvalue weighted by molar-refractivity contribution is 0.630. The second-order valence-corrected chi connectivity index (χ2v) is 6.51. The van der Waals surface area contributed by atoms with Crippen molar-refractivity contribution in [3.63, 3.8) is 0 Å². The fourth-order valence-corrected chi connectivity index (χ4v) is 3.17. The standard InChI is InChI=1S/C18H22ClNS/c1-5-20-18(14-6-8-15(21-4)9-7-14)16-10-12(2)13(3)11-17(16)19/h6-11,18,20H,5H2,1-4H3. The zero-order valence-corrected chi connectivity index (χ0v) is 14.6. The van der Waals surface area contributed by atoms with Crippen molar-refractivity contribution in [1.29, 1.82) is 0 Å². The zero-order valence-electron chi connectivity index (χ0n) is 13.0. The van der Waals surface area contributed by atoms with E-state index in [4.69, 9.17) is 11.6 Å². The summed E-state index contributed by atoms with van der Waals surface area (Å²) in [5.74, 6) is 0. The summed E-state index contributed by atoms with van der Waals surface area (Å²) >= 11 is 8.26. The fraction of sp³-hybridized carbons (Fsp3) is 0.333. The summed E-state index contributed by atoms with van der Waals surface area (Å²) in [6.07, 6.45) is 2.09. The second kappa shape index (κ2) is 7.35. The normalized spacial score (nSPS) is 12.4. The predicted octanol–water partition coefficient (Wildman–Crippen LogP) is 5.38. The summed E-state index contributed by atoms with van der Waals surface area (Å²) in [6.45, 7) is 7.26. The smallest absolute Gasteiger partial charge is 0.0591 e. The summed E-state index contributed by atoms with van der Waals surface area (Å²) in [7, 11) is 0. The molecule has 2 rings (SSSR count). The molecule has 112 valence electrons. The summed E-state index contributed by atoms with van der Waals surface area (Å²) in [5.41, 5.74) is 4.91. The van der Waals surface area contributed by atoms with Gasteiger partial charge in [-0.15, -0.1) is 11.8 Å². The molecule has 0 aliphatic heterocycles. The molecule has 0 saturated carbocycles. The predicted molar refractivity (Wildman–Crippen MR) is 94.7 cm³/mol. The first-order valence-corrected chi connectivity index (χ1v) is 8.81. The van der Waals surface area contributed by atoms with Crippen LogP contribution in [0.25, 0.3) is 0 Å². The van der Waals surface area contributed by atoms with Crippen LogP contribution in [0.4, 0.5) is 0 Å². The minimum atomic E-state index is 0.137. The molecule has 0 heterocycles. The van der Waals surface area contributed by atoms with Gasteiger partial charge in [-0.3, -0.25) is 0 Å². The minimum absolute atomic E-state index is 0.137. The topological polar surface area (TPSA) is 12.0 Å². The van der Waals surface area contributed by atoms with Gasteiger partial charge in [0.15, 0.2) is 0 Å². The molecule has 0 radical (unpaired) electrons.